The molecule has 1 aromatic carbocycles. The van der Waals surface area contributed by atoms with E-state index in [9.17, 15) is 8.78 Å². The average molecular weight is 463 g/mol. The summed E-state index contributed by atoms with van der Waals surface area (Å²) < 4.78 is 34.8. The topological polar surface area (TPSA) is 69.0 Å². The summed E-state index contributed by atoms with van der Waals surface area (Å²) >= 11 is 0. The Bertz CT molecular complexity index is 1350. The van der Waals surface area contributed by atoms with Crippen LogP contribution in [0.2, 0.25) is 0 Å². The lowest BCUT2D eigenvalue weighted by Crippen LogP contribution is -2.39. The van der Waals surface area contributed by atoms with Gasteiger partial charge in [0.2, 0.25) is 0 Å². The Morgan fingerprint density at radius 3 is 2.65 bits per heavy atom. The van der Waals surface area contributed by atoms with Gasteiger partial charge in [0.05, 0.1) is 17.9 Å². The largest absolute Gasteiger partial charge is 0.487 e. The van der Waals surface area contributed by atoms with Crippen molar-refractivity contribution in [2.45, 2.75) is 25.4 Å². The third-order valence-electron chi connectivity index (χ3n) is 5.85. The highest BCUT2D eigenvalue weighted by molar-refractivity contribution is 5.83. The van der Waals surface area contributed by atoms with Crippen LogP contribution in [0.25, 0.3) is 22.3 Å². The van der Waals surface area contributed by atoms with Crippen molar-refractivity contribution in [3.8, 4) is 17.0 Å². The van der Waals surface area contributed by atoms with Crippen LogP contribution in [0.5, 0.6) is 5.75 Å². The molecule has 174 valence electrons. The maximum Gasteiger partial charge on any atom is 0.167 e. The molecule has 0 bridgehead atoms. The second kappa shape index (κ2) is 9.17. The first-order chi connectivity index (χ1) is 16.5. The molecule has 0 amide bonds. The summed E-state index contributed by atoms with van der Waals surface area (Å²) in [6.07, 6.45) is 9.04. The van der Waals surface area contributed by atoms with Crippen molar-refractivity contribution in [1.82, 2.24) is 24.7 Å². The number of nitrogens with zero attached hydrogens (tertiary/aromatic N) is 6. The molecule has 0 spiro atoms. The number of piperidine rings is 1. The summed E-state index contributed by atoms with van der Waals surface area (Å²) in [4.78, 5) is 16.5. The molecule has 4 heterocycles. The van der Waals surface area contributed by atoms with Gasteiger partial charge < -0.3 is 9.64 Å². The maximum absolute atomic E-state index is 14.0. The Morgan fingerprint density at radius 2 is 1.94 bits per heavy atom. The van der Waals surface area contributed by atoms with E-state index in [2.05, 4.69) is 21.6 Å². The van der Waals surface area contributed by atoms with E-state index >= 15 is 0 Å². The normalized spacial score (nSPS) is 14.5. The SMILES string of the molecule is C=CCc1cc2nc(N3CCC(Oc4ccc(F)cc4F)CC3)c(-c3cnn(C)c3)nc2cn1. The van der Waals surface area contributed by atoms with Crippen LogP contribution in [0.3, 0.4) is 0 Å². The molecule has 9 heteroatoms. The smallest absolute Gasteiger partial charge is 0.167 e. The molecule has 1 saturated heterocycles. The number of allylic oxidation sites excluding steroid dienone is 1. The van der Waals surface area contributed by atoms with Gasteiger partial charge in [0.15, 0.2) is 17.4 Å². The Hall–Kier alpha value is -3.88. The number of fused-ring (bicyclic) bond motifs is 1. The molecule has 0 N–H and O–H groups in total. The van der Waals surface area contributed by atoms with E-state index in [1.54, 1.807) is 23.2 Å². The predicted octanol–water partition coefficient (Wildman–Crippen LogP) is 4.48. The van der Waals surface area contributed by atoms with Gasteiger partial charge in [-0.3, -0.25) is 9.67 Å². The van der Waals surface area contributed by atoms with Gasteiger partial charge >= 0.3 is 0 Å². The minimum atomic E-state index is -0.689. The molecule has 0 radical (unpaired) electrons. The standard InChI is InChI=1S/C25H24F2N6O/c1-3-4-18-12-21-22(14-28-18)30-24(16-13-29-32(2)15-16)25(31-21)33-9-7-19(8-10-33)34-23-6-5-17(26)11-20(23)27/h3,5-6,11-15,19H,1,4,7-10H2,2H3. The molecular formula is C25H24F2N6O. The quantitative estimate of drug-likeness (QED) is 0.394. The number of anilines is 1. The van der Waals surface area contributed by atoms with E-state index < -0.39 is 11.6 Å². The van der Waals surface area contributed by atoms with Crippen LogP contribution in [-0.4, -0.2) is 43.9 Å². The molecule has 1 aliphatic rings. The third kappa shape index (κ3) is 4.46. The van der Waals surface area contributed by atoms with E-state index in [4.69, 9.17) is 14.7 Å². The zero-order valence-electron chi connectivity index (χ0n) is 18.8. The highest BCUT2D eigenvalue weighted by Crippen LogP contribution is 2.32. The van der Waals surface area contributed by atoms with Gasteiger partial charge in [-0.05, 0) is 18.2 Å². The molecule has 0 saturated carbocycles. The first-order valence-corrected chi connectivity index (χ1v) is 11.1. The lowest BCUT2D eigenvalue weighted by Gasteiger charge is -2.33. The second-order valence-corrected chi connectivity index (χ2v) is 8.33. The summed E-state index contributed by atoms with van der Waals surface area (Å²) in [5.74, 6) is -0.471. The van der Waals surface area contributed by atoms with Crippen molar-refractivity contribution >= 4 is 16.9 Å². The molecule has 5 rings (SSSR count). The Balaban J connectivity index is 1.43. The zero-order chi connectivity index (χ0) is 23.7. The van der Waals surface area contributed by atoms with Gasteiger partial charge in [-0.2, -0.15) is 5.10 Å². The van der Waals surface area contributed by atoms with E-state index in [-0.39, 0.29) is 11.9 Å². The fourth-order valence-electron chi connectivity index (χ4n) is 4.15. The van der Waals surface area contributed by atoms with Crippen LogP contribution < -0.4 is 9.64 Å². The molecule has 34 heavy (non-hydrogen) atoms. The number of halogens is 2. The van der Waals surface area contributed by atoms with Gasteiger partial charge in [0, 0.05) is 62.9 Å². The van der Waals surface area contributed by atoms with Crippen LogP contribution in [0.4, 0.5) is 14.6 Å². The summed E-state index contributed by atoms with van der Waals surface area (Å²) in [6, 6.07) is 5.31. The Labute approximate surface area is 195 Å². The van der Waals surface area contributed by atoms with Crippen LogP contribution in [0, 0.1) is 11.6 Å². The van der Waals surface area contributed by atoms with E-state index in [1.807, 2.05) is 19.3 Å². The lowest BCUT2D eigenvalue weighted by atomic mass is 10.1. The number of hydrogen-bond donors (Lipinski definition) is 0. The molecule has 1 aliphatic heterocycles. The number of aryl methyl sites for hydroxylation is 1. The first kappa shape index (κ1) is 21.9. The predicted molar refractivity (Wildman–Crippen MR) is 126 cm³/mol. The molecule has 0 atom stereocenters. The molecular weight excluding hydrogens is 438 g/mol. The molecule has 7 nitrogen and oxygen atoms in total. The number of aromatic nitrogens is 5. The minimum Gasteiger partial charge on any atom is -0.487 e. The van der Waals surface area contributed by atoms with Crippen LogP contribution >= 0.6 is 0 Å². The molecule has 4 aromatic rings. The second-order valence-electron chi connectivity index (χ2n) is 8.33. The lowest BCUT2D eigenvalue weighted by molar-refractivity contribution is 0.163. The van der Waals surface area contributed by atoms with E-state index in [0.29, 0.717) is 37.9 Å². The van der Waals surface area contributed by atoms with Gasteiger partial charge in [0.25, 0.3) is 0 Å². The molecule has 0 unspecified atom stereocenters. The van der Waals surface area contributed by atoms with Gasteiger partial charge in [-0.1, -0.05) is 6.08 Å². The van der Waals surface area contributed by atoms with Crippen molar-refractivity contribution < 1.29 is 13.5 Å². The summed E-state index contributed by atoms with van der Waals surface area (Å²) in [6.45, 7) is 5.10. The van der Waals surface area contributed by atoms with Crippen molar-refractivity contribution in [2.24, 2.45) is 7.05 Å². The highest BCUT2D eigenvalue weighted by Gasteiger charge is 2.26. The Morgan fingerprint density at radius 1 is 1.12 bits per heavy atom. The first-order valence-electron chi connectivity index (χ1n) is 11.1. The molecule has 1 fully saturated rings. The van der Waals surface area contributed by atoms with Crippen molar-refractivity contribution in [3.63, 3.8) is 0 Å². The van der Waals surface area contributed by atoms with E-state index in [0.717, 1.165) is 34.4 Å². The van der Waals surface area contributed by atoms with Crippen LogP contribution in [0.15, 0.2) is 55.5 Å². The summed E-state index contributed by atoms with van der Waals surface area (Å²) in [5, 5.41) is 4.29. The molecule has 0 aliphatic carbocycles. The third-order valence-corrected chi connectivity index (χ3v) is 5.85. The number of ether oxygens (including phenoxy) is 1. The minimum absolute atomic E-state index is 0.0728. The Kier molecular flexibility index (Phi) is 5.91. The fourth-order valence-corrected chi connectivity index (χ4v) is 4.15. The van der Waals surface area contributed by atoms with Crippen molar-refractivity contribution in [2.75, 3.05) is 18.0 Å². The number of rotatable bonds is 6. The summed E-state index contributed by atoms with van der Waals surface area (Å²) in [7, 11) is 1.86. The van der Waals surface area contributed by atoms with Crippen LogP contribution in [-0.2, 0) is 13.5 Å². The van der Waals surface area contributed by atoms with Gasteiger partial charge in [0.1, 0.15) is 23.1 Å². The average Bonchev–Trinajstić information content (AvgIpc) is 3.27. The number of benzene rings is 1. The number of pyridine rings is 1. The van der Waals surface area contributed by atoms with Crippen molar-refractivity contribution in [3.05, 3.63) is 72.8 Å². The summed E-state index contributed by atoms with van der Waals surface area (Å²) in [5.41, 5.74) is 3.96. The van der Waals surface area contributed by atoms with E-state index in [1.165, 1.54) is 12.1 Å². The molecule has 3 aromatic heterocycles. The van der Waals surface area contributed by atoms with Gasteiger partial charge in [-0.25, -0.2) is 18.7 Å². The monoisotopic (exact) mass is 462 g/mol. The maximum atomic E-state index is 14.0. The fraction of sp³-hybridized carbons (Fsp3) is 0.280. The van der Waals surface area contributed by atoms with Crippen LogP contribution in [0.1, 0.15) is 18.5 Å². The van der Waals surface area contributed by atoms with Crippen molar-refractivity contribution in [1.29, 1.82) is 0 Å². The highest BCUT2D eigenvalue weighted by atomic mass is 19.1. The van der Waals surface area contributed by atoms with Gasteiger partial charge in [-0.15, -0.1) is 6.58 Å². The number of hydrogen-bond acceptors (Lipinski definition) is 6. The zero-order valence-corrected chi connectivity index (χ0v) is 18.8.